The molecule has 0 heterocycles. The Kier molecular flexibility index (Phi) is 7.70. The van der Waals surface area contributed by atoms with Crippen LogP contribution in [-0.2, 0) is 13.1 Å². The summed E-state index contributed by atoms with van der Waals surface area (Å²) in [4.78, 5) is 0. The largest absolute Gasteiger partial charge is 0.312 e. The molecule has 1 aliphatic carbocycles. The van der Waals surface area contributed by atoms with Gasteiger partial charge in [-0.15, -0.1) is 0 Å². The second kappa shape index (κ2) is 10.2. The predicted molar refractivity (Wildman–Crippen MR) is 121 cm³/mol. The van der Waals surface area contributed by atoms with Crippen molar-refractivity contribution in [1.82, 2.24) is 10.6 Å². The molecule has 0 bridgehead atoms. The number of hydrogen-bond donors (Lipinski definition) is 2. The molecule has 2 aromatic rings. The van der Waals surface area contributed by atoms with Gasteiger partial charge in [0.25, 0.3) is 0 Å². The monoisotopic (exact) mass is 378 g/mol. The van der Waals surface area contributed by atoms with Crippen LogP contribution in [0.5, 0.6) is 0 Å². The van der Waals surface area contributed by atoms with Crippen LogP contribution in [0.2, 0.25) is 0 Å². The highest BCUT2D eigenvalue weighted by Crippen LogP contribution is 2.28. The first kappa shape index (κ1) is 21.1. The molecule has 0 aromatic heterocycles. The molecule has 1 fully saturated rings. The van der Waals surface area contributed by atoms with Gasteiger partial charge >= 0.3 is 0 Å². The lowest BCUT2D eigenvalue weighted by Gasteiger charge is -2.29. The Labute approximate surface area is 172 Å². The summed E-state index contributed by atoms with van der Waals surface area (Å²) < 4.78 is 0. The van der Waals surface area contributed by atoms with Crippen molar-refractivity contribution in [3.63, 3.8) is 0 Å². The zero-order valence-corrected chi connectivity index (χ0v) is 18.3. The summed E-state index contributed by atoms with van der Waals surface area (Å²) in [7, 11) is 0. The number of nitrogens with one attached hydrogen (secondary N) is 2. The lowest BCUT2D eigenvalue weighted by atomic mass is 9.81. The van der Waals surface area contributed by atoms with E-state index in [-0.39, 0.29) is 0 Å². The van der Waals surface area contributed by atoms with E-state index in [2.05, 4.69) is 74.7 Å². The Bertz CT molecular complexity index is 702. The molecule has 28 heavy (non-hydrogen) atoms. The third kappa shape index (κ3) is 6.18. The highest BCUT2D eigenvalue weighted by molar-refractivity contribution is 5.31. The van der Waals surface area contributed by atoms with Crippen LogP contribution in [0.3, 0.4) is 0 Å². The second-order valence-corrected chi connectivity index (χ2v) is 9.02. The summed E-state index contributed by atoms with van der Waals surface area (Å²) in [6.45, 7) is 13.1. The minimum atomic E-state index is 0.826. The fourth-order valence-corrected chi connectivity index (χ4v) is 4.68. The lowest BCUT2D eigenvalue weighted by Crippen LogP contribution is -2.31. The van der Waals surface area contributed by atoms with Gasteiger partial charge in [-0.2, -0.15) is 0 Å². The van der Waals surface area contributed by atoms with Crippen molar-refractivity contribution in [2.45, 2.75) is 66.5 Å². The Morgan fingerprint density at radius 2 is 1.18 bits per heavy atom. The molecule has 0 aliphatic heterocycles. The minimum Gasteiger partial charge on any atom is -0.312 e. The molecule has 2 unspecified atom stereocenters. The summed E-state index contributed by atoms with van der Waals surface area (Å²) >= 11 is 0. The second-order valence-electron chi connectivity index (χ2n) is 9.02. The molecular formula is C26H38N2. The third-order valence-corrected chi connectivity index (χ3v) is 6.38. The van der Waals surface area contributed by atoms with E-state index in [1.807, 2.05) is 0 Å². The topological polar surface area (TPSA) is 24.1 Å². The summed E-state index contributed by atoms with van der Waals surface area (Å²) in [5.74, 6) is 1.65. The molecule has 3 rings (SSSR count). The van der Waals surface area contributed by atoms with Crippen molar-refractivity contribution < 1.29 is 0 Å². The van der Waals surface area contributed by atoms with Gasteiger partial charge in [-0.05, 0) is 94.1 Å². The van der Waals surface area contributed by atoms with E-state index in [0.717, 1.165) is 38.0 Å². The van der Waals surface area contributed by atoms with Crippen LogP contribution < -0.4 is 10.6 Å². The van der Waals surface area contributed by atoms with E-state index in [1.54, 1.807) is 0 Å². The van der Waals surface area contributed by atoms with Gasteiger partial charge in [0.2, 0.25) is 0 Å². The molecule has 2 nitrogen and oxygen atoms in total. The molecule has 2 heteroatoms. The lowest BCUT2D eigenvalue weighted by molar-refractivity contribution is 0.252. The molecule has 0 spiro atoms. The maximum absolute atomic E-state index is 3.73. The molecule has 2 N–H and O–H groups in total. The Morgan fingerprint density at radius 1 is 0.714 bits per heavy atom. The molecule has 1 saturated carbocycles. The van der Waals surface area contributed by atoms with E-state index in [4.69, 9.17) is 0 Å². The maximum Gasteiger partial charge on any atom is 0.0208 e. The zero-order chi connectivity index (χ0) is 19.9. The highest BCUT2D eigenvalue weighted by atomic mass is 14.9. The van der Waals surface area contributed by atoms with Crippen LogP contribution in [0.1, 0.15) is 59.1 Å². The molecule has 2 atom stereocenters. The smallest absolute Gasteiger partial charge is 0.0208 e. The normalized spacial score (nSPS) is 19.7. The first-order valence-corrected chi connectivity index (χ1v) is 11.0. The van der Waals surface area contributed by atoms with Crippen molar-refractivity contribution in [3.05, 3.63) is 69.8 Å². The molecule has 0 saturated heterocycles. The van der Waals surface area contributed by atoms with Gasteiger partial charge in [-0.1, -0.05) is 53.9 Å². The predicted octanol–water partition coefficient (Wildman–Crippen LogP) is 5.61. The van der Waals surface area contributed by atoms with Gasteiger partial charge in [0.1, 0.15) is 0 Å². The van der Waals surface area contributed by atoms with Crippen molar-refractivity contribution in [1.29, 1.82) is 0 Å². The van der Waals surface area contributed by atoms with Gasteiger partial charge in [-0.3, -0.25) is 0 Å². The van der Waals surface area contributed by atoms with Gasteiger partial charge in [0.15, 0.2) is 0 Å². The number of benzene rings is 2. The summed E-state index contributed by atoms with van der Waals surface area (Å²) in [5, 5.41) is 7.45. The summed E-state index contributed by atoms with van der Waals surface area (Å²) in [6.07, 6.45) is 5.51. The first-order chi connectivity index (χ1) is 13.5. The third-order valence-electron chi connectivity index (χ3n) is 6.38. The van der Waals surface area contributed by atoms with Crippen LogP contribution in [-0.4, -0.2) is 13.1 Å². The number of aryl methyl sites for hydroxylation is 4. The average Bonchev–Trinajstić information content (AvgIpc) is 2.66. The molecule has 1 aliphatic rings. The minimum absolute atomic E-state index is 0.826. The van der Waals surface area contributed by atoms with Crippen LogP contribution in [0, 0.1) is 39.5 Å². The average molecular weight is 379 g/mol. The highest BCUT2D eigenvalue weighted by Gasteiger charge is 2.21. The van der Waals surface area contributed by atoms with E-state index < -0.39 is 0 Å². The summed E-state index contributed by atoms with van der Waals surface area (Å²) in [6, 6.07) is 13.6. The van der Waals surface area contributed by atoms with Crippen LogP contribution in [0.4, 0.5) is 0 Å². The fraction of sp³-hybridized carbons (Fsp3) is 0.538. The number of hydrogen-bond acceptors (Lipinski definition) is 2. The fourth-order valence-electron chi connectivity index (χ4n) is 4.68. The van der Waals surface area contributed by atoms with Crippen LogP contribution >= 0.6 is 0 Å². The van der Waals surface area contributed by atoms with Crippen molar-refractivity contribution in [3.8, 4) is 0 Å². The standard InChI is InChI=1S/C26H38N2/c1-19-8-10-25(21(3)12-19)17-27-15-23-6-5-7-24(14-23)16-28-18-26-11-9-20(2)13-22(26)4/h8-13,23-24,27-28H,5-7,14-18H2,1-4H3. The van der Waals surface area contributed by atoms with Gasteiger partial charge in [0, 0.05) is 13.1 Å². The zero-order valence-electron chi connectivity index (χ0n) is 18.3. The quantitative estimate of drug-likeness (QED) is 0.624. The molecule has 152 valence electrons. The van der Waals surface area contributed by atoms with Crippen LogP contribution in [0.15, 0.2) is 36.4 Å². The van der Waals surface area contributed by atoms with Crippen molar-refractivity contribution >= 4 is 0 Å². The van der Waals surface area contributed by atoms with E-state index in [9.17, 15) is 0 Å². The number of rotatable bonds is 8. The molecule has 2 aromatic carbocycles. The van der Waals surface area contributed by atoms with Crippen molar-refractivity contribution in [2.24, 2.45) is 11.8 Å². The Hall–Kier alpha value is -1.64. The maximum atomic E-state index is 3.73. The molecular weight excluding hydrogens is 340 g/mol. The van der Waals surface area contributed by atoms with Gasteiger partial charge < -0.3 is 10.6 Å². The van der Waals surface area contributed by atoms with Crippen LogP contribution in [0.25, 0.3) is 0 Å². The Balaban J connectivity index is 1.39. The van der Waals surface area contributed by atoms with Gasteiger partial charge in [0.05, 0.1) is 0 Å². The van der Waals surface area contributed by atoms with Crippen molar-refractivity contribution in [2.75, 3.05) is 13.1 Å². The first-order valence-electron chi connectivity index (χ1n) is 11.0. The van der Waals surface area contributed by atoms with Gasteiger partial charge in [-0.25, -0.2) is 0 Å². The molecule has 0 radical (unpaired) electrons. The molecule has 0 amide bonds. The van der Waals surface area contributed by atoms with E-state index in [0.29, 0.717) is 0 Å². The summed E-state index contributed by atoms with van der Waals surface area (Å²) in [5.41, 5.74) is 8.39. The Morgan fingerprint density at radius 3 is 1.61 bits per heavy atom. The van der Waals surface area contributed by atoms with E-state index in [1.165, 1.54) is 59.1 Å². The SMILES string of the molecule is Cc1ccc(CNCC2CCCC(CNCc3ccc(C)cc3C)C2)c(C)c1. The van der Waals surface area contributed by atoms with E-state index >= 15 is 0 Å².